The Balaban J connectivity index is 1.58. The molecule has 4 heteroatoms. The summed E-state index contributed by atoms with van der Waals surface area (Å²) in [5.41, 5.74) is 1.14. The Morgan fingerprint density at radius 1 is 1.10 bits per heavy atom. The first-order chi connectivity index (χ1) is 9.84. The second-order valence-electron chi connectivity index (χ2n) is 5.63. The van der Waals surface area contributed by atoms with Crippen molar-refractivity contribution in [2.45, 2.75) is 44.3 Å². The van der Waals surface area contributed by atoms with Gasteiger partial charge in [-0.25, -0.2) is 4.79 Å². The maximum atomic E-state index is 12.5. The van der Waals surface area contributed by atoms with Gasteiger partial charge in [0.05, 0.1) is 0 Å². The number of hydrogen-bond acceptors (Lipinski definition) is 2. The lowest BCUT2D eigenvalue weighted by Gasteiger charge is -2.34. The van der Waals surface area contributed by atoms with Crippen LogP contribution in [0.15, 0.2) is 30.3 Å². The predicted molar refractivity (Wildman–Crippen MR) is 77.4 cm³/mol. The highest BCUT2D eigenvalue weighted by molar-refractivity contribution is 5.75. The number of benzene rings is 1. The zero-order valence-electron chi connectivity index (χ0n) is 11.8. The molecule has 1 saturated heterocycles. The van der Waals surface area contributed by atoms with Gasteiger partial charge in [0.25, 0.3) is 0 Å². The highest BCUT2D eigenvalue weighted by atomic mass is 16.5. The third kappa shape index (κ3) is 3.31. The van der Waals surface area contributed by atoms with E-state index in [9.17, 15) is 4.79 Å². The molecule has 20 heavy (non-hydrogen) atoms. The smallest absolute Gasteiger partial charge is 0.318 e. The first-order valence-electron chi connectivity index (χ1n) is 7.52. The first kappa shape index (κ1) is 13.4. The molecule has 0 unspecified atom stereocenters. The van der Waals surface area contributed by atoms with Crippen molar-refractivity contribution in [1.82, 2.24) is 10.2 Å². The fourth-order valence-corrected chi connectivity index (χ4v) is 2.81. The summed E-state index contributed by atoms with van der Waals surface area (Å²) >= 11 is 0. The van der Waals surface area contributed by atoms with Crippen molar-refractivity contribution in [2.24, 2.45) is 0 Å². The van der Waals surface area contributed by atoms with Crippen LogP contribution < -0.4 is 5.32 Å². The van der Waals surface area contributed by atoms with E-state index < -0.39 is 0 Å². The van der Waals surface area contributed by atoms with Gasteiger partial charge in [-0.05, 0) is 31.2 Å². The molecule has 1 aromatic carbocycles. The van der Waals surface area contributed by atoms with Crippen LogP contribution in [0.1, 0.15) is 31.2 Å². The van der Waals surface area contributed by atoms with Crippen LogP contribution in [0.5, 0.6) is 0 Å². The Morgan fingerprint density at radius 2 is 1.75 bits per heavy atom. The number of ether oxygens (including phenoxy) is 1. The van der Waals surface area contributed by atoms with Crippen LogP contribution in [0.25, 0.3) is 0 Å². The lowest BCUT2D eigenvalue weighted by Crippen LogP contribution is -2.49. The Bertz CT molecular complexity index is 439. The number of carbonyl (C=O) groups excluding carboxylic acids is 1. The van der Waals surface area contributed by atoms with E-state index in [0.717, 1.165) is 44.5 Å². The molecule has 2 amide bonds. The fraction of sp³-hybridized carbons (Fsp3) is 0.562. The van der Waals surface area contributed by atoms with Gasteiger partial charge in [0.1, 0.15) is 0 Å². The molecule has 0 radical (unpaired) electrons. The van der Waals surface area contributed by atoms with Crippen LogP contribution in [0.4, 0.5) is 4.79 Å². The van der Waals surface area contributed by atoms with Crippen LogP contribution in [-0.2, 0) is 11.3 Å². The molecule has 0 spiro atoms. The Labute approximate surface area is 120 Å². The third-order valence-electron chi connectivity index (χ3n) is 4.05. The van der Waals surface area contributed by atoms with E-state index in [4.69, 9.17) is 4.74 Å². The average Bonchev–Trinajstić information content (AvgIpc) is 3.32. The van der Waals surface area contributed by atoms with E-state index >= 15 is 0 Å². The number of nitrogens with one attached hydrogen (secondary N) is 1. The normalized spacial score (nSPS) is 19.6. The molecule has 108 valence electrons. The Kier molecular flexibility index (Phi) is 4.21. The van der Waals surface area contributed by atoms with Crippen molar-refractivity contribution in [3.63, 3.8) is 0 Å². The van der Waals surface area contributed by atoms with Crippen molar-refractivity contribution in [3.8, 4) is 0 Å². The molecule has 1 saturated carbocycles. The highest BCUT2D eigenvalue weighted by Gasteiger charge is 2.37. The predicted octanol–water partition coefficient (Wildman–Crippen LogP) is 2.54. The standard InChI is InChI=1S/C16H22N2O2/c19-16(17-12-13-4-2-1-3-5-13)18(14-6-7-14)15-8-10-20-11-9-15/h1-5,14-15H,6-12H2,(H,17,19). The van der Waals surface area contributed by atoms with Crippen LogP contribution in [0, 0.1) is 0 Å². The maximum absolute atomic E-state index is 12.5. The van der Waals surface area contributed by atoms with Crippen molar-refractivity contribution in [2.75, 3.05) is 13.2 Å². The highest BCUT2D eigenvalue weighted by Crippen LogP contribution is 2.31. The summed E-state index contributed by atoms with van der Waals surface area (Å²) in [6.45, 7) is 2.16. The van der Waals surface area contributed by atoms with E-state index in [1.54, 1.807) is 0 Å². The minimum Gasteiger partial charge on any atom is -0.381 e. The zero-order chi connectivity index (χ0) is 13.8. The average molecular weight is 274 g/mol. The number of rotatable bonds is 4. The van der Waals surface area contributed by atoms with E-state index in [1.807, 2.05) is 30.3 Å². The monoisotopic (exact) mass is 274 g/mol. The summed E-state index contributed by atoms with van der Waals surface area (Å²) in [4.78, 5) is 14.5. The van der Waals surface area contributed by atoms with Gasteiger partial charge in [0.2, 0.25) is 0 Å². The molecule has 3 rings (SSSR count). The molecular weight excluding hydrogens is 252 g/mol. The summed E-state index contributed by atoms with van der Waals surface area (Å²) in [5.74, 6) is 0. The van der Waals surface area contributed by atoms with E-state index in [2.05, 4.69) is 10.2 Å². The topological polar surface area (TPSA) is 41.6 Å². The molecule has 1 aromatic rings. The SMILES string of the molecule is O=C(NCc1ccccc1)N(C1CCOCC1)C1CC1. The number of hydrogen-bond donors (Lipinski definition) is 1. The van der Waals surface area contributed by atoms with Crippen molar-refractivity contribution >= 4 is 6.03 Å². The largest absolute Gasteiger partial charge is 0.381 e. The van der Waals surface area contributed by atoms with E-state index in [1.165, 1.54) is 0 Å². The van der Waals surface area contributed by atoms with Crippen LogP contribution >= 0.6 is 0 Å². The minimum absolute atomic E-state index is 0.0863. The molecule has 4 nitrogen and oxygen atoms in total. The zero-order valence-corrected chi connectivity index (χ0v) is 11.8. The summed E-state index contributed by atoms with van der Waals surface area (Å²) in [7, 11) is 0. The van der Waals surface area contributed by atoms with Gasteiger partial charge in [0, 0.05) is 31.8 Å². The van der Waals surface area contributed by atoms with Gasteiger partial charge in [-0.2, -0.15) is 0 Å². The summed E-state index contributed by atoms with van der Waals surface area (Å²) in [6.07, 6.45) is 4.23. The van der Waals surface area contributed by atoms with Crippen LogP contribution in [-0.4, -0.2) is 36.2 Å². The number of urea groups is 1. The molecule has 1 aliphatic carbocycles. The molecule has 0 aromatic heterocycles. The number of carbonyl (C=O) groups is 1. The lowest BCUT2D eigenvalue weighted by atomic mass is 10.1. The molecule has 1 heterocycles. The van der Waals surface area contributed by atoms with Crippen LogP contribution in [0.2, 0.25) is 0 Å². The second-order valence-corrected chi connectivity index (χ2v) is 5.63. The van der Waals surface area contributed by atoms with E-state index in [-0.39, 0.29) is 6.03 Å². The van der Waals surface area contributed by atoms with Gasteiger partial charge >= 0.3 is 6.03 Å². The number of amides is 2. The third-order valence-corrected chi connectivity index (χ3v) is 4.05. The molecule has 2 fully saturated rings. The molecule has 1 aliphatic heterocycles. The van der Waals surface area contributed by atoms with Gasteiger partial charge in [0.15, 0.2) is 0 Å². The van der Waals surface area contributed by atoms with Crippen molar-refractivity contribution < 1.29 is 9.53 Å². The molecule has 0 bridgehead atoms. The van der Waals surface area contributed by atoms with Crippen LogP contribution in [0.3, 0.4) is 0 Å². The quantitative estimate of drug-likeness (QED) is 0.916. The van der Waals surface area contributed by atoms with Crippen molar-refractivity contribution in [3.05, 3.63) is 35.9 Å². The Hall–Kier alpha value is -1.55. The lowest BCUT2D eigenvalue weighted by molar-refractivity contribution is 0.0436. The van der Waals surface area contributed by atoms with Gasteiger partial charge in [-0.15, -0.1) is 0 Å². The minimum atomic E-state index is 0.0863. The Morgan fingerprint density at radius 3 is 2.40 bits per heavy atom. The summed E-state index contributed by atoms with van der Waals surface area (Å²) < 4.78 is 5.40. The van der Waals surface area contributed by atoms with Gasteiger partial charge in [-0.3, -0.25) is 0 Å². The molecular formula is C16H22N2O2. The van der Waals surface area contributed by atoms with E-state index in [0.29, 0.717) is 18.6 Å². The summed E-state index contributed by atoms with van der Waals surface area (Å²) in [6, 6.07) is 11.0. The summed E-state index contributed by atoms with van der Waals surface area (Å²) in [5, 5.41) is 3.06. The fourth-order valence-electron chi connectivity index (χ4n) is 2.81. The van der Waals surface area contributed by atoms with Crippen molar-refractivity contribution in [1.29, 1.82) is 0 Å². The molecule has 1 N–H and O–H groups in total. The molecule has 0 atom stereocenters. The first-order valence-corrected chi connectivity index (χ1v) is 7.52. The second kappa shape index (κ2) is 6.27. The van der Waals surface area contributed by atoms with Gasteiger partial charge in [-0.1, -0.05) is 30.3 Å². The molecule has 2 aliphatic rings. The number of nitrogens with zero attached hydrogens (tertiary/aromatic N) is 1. The van der Waals surface area contributed by atoms with Gasteiger partial charge < -0.3 is 15.0 Å². The maximum Gasteiger partial charge on any atom is 0.318 e.